The summed E-state index contributed by atoms with van der Waals surface area (Å²) in [5.74, 6) is -0.106. The van der Waals surface area contributed by atoms with Crippen molar-refractivity contribution in [1.29, 1.82) is 0 Å². The Morgan fingerprint density at radius 1 is 1.24 bits per heavy atom. The fraction of sp³-hybridized carbons (Fsp3) is 0.235. The smallest absolute Gasteiger partial charge is 0.252 e. The van der Waals surface area contributed by atoms with Crippen molar-refractivity contribution in [1.82, 2.24) is 5.32 Å². The van der Waals surface area contributed by atoms with Crippen LogP contribution in [-0.4, -0.2) is 5.91 Å². The zero-order valence-corrected chi connectivity index (χ0v) is 14.3. The molecule has 2 aromatic carbocycles. The molecule has 1 N–H and O–H groups in total. The first-order chi connectivity index (χ1) is 10.0. The summed E-state index contributed by atoms with van der Waals surface area (Å²) in [4.78, 5) is 12.4. The molecule has 0 heterocycles. The lowest BCUT2D eigenvalue weighted by atomic mass is 10.0. The standard InChI is InChI=1S/C17H17BrClNO/c1-3-16(12-6-4-11(2)5-7-12)20-17(21)14-9-8-13(19)10-15(14)18/h4-10,16H,3H2,1-2H3,(H,20,21). The van der Waals surface area contributed by atoms with Gasteiger partial charge in [-0.25, -0.2) is 0 Å². The Kier molecular flexibility index (Phi) is 5.43. The van der Waals surface area contributed by atoms with E-state index in [2.05, 4.69) is 52.4 Å². The van der Waals surface area contributed by atoms with Gasteiger partial charge in [0.15, 0.2) is 0 Å². The van der Waals surface area contributed by atoms with Crippen LogP contribution in [0, 0.1) is 6.92 Å². The van der Waals surface area contributed by atoms with E-state index < -0.39 is 0 Å². The van der Waals surface area contributed by atoms with E-state index in [1.54, 1.807) is 18.2 Å². The van der Waals surface area contributed by atoms with Crippen molar-refractivity contribution in [2.45, 2.75) is 26.3 Å². The monoisotopic (exact) mass is 365 g/mol. The van der Waals surface area contributed by atoms with Gasteiger partial charge in [0.05, 0.1) is 11.6 Å². The molecule has 0 saturated heterocycles. The molecule has 2 aromatic rings. The van der Waals surface area contributed by atoms with E-state index in [0.717, 1.165) is 12.0 Å². The first-order valence-electron chi connectivity index (χ1n) is 6.83. The normalized spacial score (nSPS) is 12.0. The number of carbonyl (C=O) groups excluding carboxylic acids is 1. The summed E-state index contributed by atoms with van der Waals surface area (Å²) in [5.41, 5.74) is 2.91. The van der Waals surface area contributed by atoms with Crippen LogP contribution >= 0.6 is 27.5 Å². The minimum atomic E-state index is -0.106. The third kappa shape index (κ3) is 4.08. The van der Waals surface area contributed by atoms with Gasteiger partial charge in [-0.05, 0) is 53.0 Å². The van der Waals surface area contributed by atoms with Gasteiger partial charge in [0.25, 0.3) is 5.91 Å². The molecule has 0 aliphatic heterocycles. The number of rotatable bonds is 4. The van der Waals surface area contributed by atoms with E-state index in [0.29, 0.717) is 15.1 Å². The second-order valence-electron chi connectivity index (χ2n) is 4.97. The SMILES string of the molecule is CCC(NC(=O)c1ccc(Cl)cc1Br)c1ccc(C)cc1. The van der Waals surface area contributed by atoms with Gasteiger partial charge in [0, 0.05) is 9.50 Å². The van der Waals surface area contributed by atoms with Gasteiger partial charge >= 0.3 is 0 Å². The molecule has 0 fully saturated rings. The first-order valence-corrected chi connectivity index (χ1v) is 8.01. The summed E-state index contributed by atoms with van der Waals surface area (Å²) in [6.45, 7) is 4.11. The lowest BCUT2D eigenvalue weighted by molar-refractivity contribution is 0.0935. The van der Waals surface area contributed by atoms with Crippen molar-refractivity contribution in [2.75, 3.05) is 0 Å². The van der Waals surface area contributed by atoms with E-state index in [1.165, 1.54) is 5.56 Å². The van der Waals surface area contributed by atoms with Crippen LogP contribution in [-0.2, 0) is 0 Å². The van der Waals surface area contributed by atoms with Gasteiger partial charge in [0.1, 0.15) is 0 Å². The molecule has 0 radical (unpaired) electrons. The van der Waals surface area contributed by atoms with Crippen molar-refractivity contribution < 1.29 is 4.79 Å². The van der Waals surface area contributed by atoms with Crippen LogP contribution in [0.25, 0.3) is 0 Å². The molecule has 0 spiro atoms. The maximum absolute atomic E-state index is 12.4. The van der Waals surface area contributed by atoms with E-state index in [-0.39, 0.29) is 11.9 Å². The van der Waals surface area contributed by atoms with Crippen molar-refractivity contribution in [3.05, 3.63) is 68.7 Å². The summed E-state index contributed by atoms with van der Waals surface area (Å²) < 4.78 is 0.700. The van der Waals surface area contributed by atoms with Crippen LogP contribution in [0.2, 0.25) is 5.02 Å². The molecule has 0 aliphatic carbocycles. The third-order valence-corrected chi connectivity index (χ3v) is 4.26. The quantitative estimate of drug-likeness (QED) is 0.782. The number of hydrogen-bond acceptors (Lipinski definition) is 1. The Bertz CT molecular complexity index is 640. The number of carbonyl (C=O) groups is 1. The topological polar surface area (TPSA) is 29.1 Å². The molecular weight excluding hydrogens is 350 g/mol. The maximum atomic E-state index is 12.4. The summed E-state index contributed by atoms with van der Waals surface area (Å²) >= 11 is 9.28. The second kappa shape index (κ2) is 7.10. The molecule has 1 unspecified atom stereocenters. The van der Waals surface area contributed by atoms with Gasteiger partial charge in [-0.1, -0.05) is 48.4 Å². The van der Waals surface area contributed by atoms with Crippen molar-refractivity contribution in [3.63, 3.8) is 0 Å². The summed E-state index contributed by atoms with van der Waals surface area (Å²) in [6, 6.07) is 13.4. The molecule has 1 atom stereocenters. The molecule has 2 nitrogen and oxygen atoms in total. The Morgan fingerprint density at radius 2 is 1.90 bits per heavy atom. The lowest BCUT2D eigenvalue weighted by Gasteiger charge is -2.18. The number of nitrogens with one attached hydrogen (secondary N) is 1. The molecule has 0 saturated carbocycles. The predicted molar refractivity (Wildman–Crippen MR) is 90.8 cm³/mol. The largest absolute Gasteiger partial charge is 0.345 e. The van der Waals surface area contributed by atoms with Crippen molar-refractivity contribution in [3.8, 4) is 0 Å². The molecule has 0 aromatic heterocycles. The van der Waals surface area contributed by atoms with E-state index >= 15 is 0 Å². The average molecular weight is 367 g/mol. The van der Waals surface area contributed by atoms with Crippen LogP contribution in [0.4, 0.5) is 0 Å². The highest BCUT2D eigenvalue weighted by atomic mass is 79.9. The van der Waals surface area contributed by atoms with Crippen LogP contribution in [0.5, 0.6) is 0 Å². The number of halogens is 2. The van der Waals surface area contributed by atoms with Crippen LogP contribution < -0.4 is 5.32 Å². The number of amides is 1. The zero-order valence-electron chi connectivity index (χ0n) is 12.0. The summed E-state index contributed by atoms with van der Waals surface area (Å²) in [6.07, 6.45) is 0.833. The number of hydrogen-bond donors (Lipinski definition) is 1. The molecule has 4 heteroatoms. The van der Waals surface area contributed by atoms with Crippen LogP contribution in [0.15, 0.2) is 46.9 Å². The highest BCUT2D eigenvalue weighted by molar-refractivity contribution is 9.10. The highest BCUT2D eigenvalue weighted by Crippen LogP contribution is 2.23. The van der Waals surface area contributed by atoms with Crippen LogP contribution in [0.3, 0.4) is 0 Å². The predicted octanol–water partition coefficient (Wildman–Crippen LogP) is 5.29. The second-order valence-corrected chi connectivity index (χ2v) is 6.26. The summed E-state index contributed by atoms with van der Waals surface area (Å²) in [7, 11) is 0. The fourth-order valence-corrected chi connectivity index (χ4v) is 2.99. The zero-order chi connectivity index (χ0) is 15.4. The molecule has 1 amide bonds. The van der Waals surface area contributed by atoms with Crippen LogP contribution in [0.1, 0.15) is 40.9 Å². The Labute approximate surface area is 138 Å². The molecule has 2 rings (SSSR count). The average Bonchev–Trinajstić information content (AvgIpc) is 2.45. The Hall–Kier alpha value is -1.32. The molecular formula is C17H17BrClNO. The molecule has 21 heavy (non-hydrogen) atoms. The van der Waals surface area contributed by atoms with E-state index in [1.807, 2.05) is 6.92 Å². The van der Waals surface area contributed by atoms with E-state index in [9.17, 15) is 4.79 Å². The number of benzene rings is 2. The highest BCUT2D eigenvalue weighted by Gasteiger charge is 2.16. The van der Waals surface area contributed by atoms with Crippen molar-refractivity contribution in [2.24, 2.45) is 0 Å². The van der Waals surface area contributed by atoms with Crippen molar-refractivity contribution >= 4 is 33.4 Å². The van der Waals surface area contributed by atoms with Gasteiger partial charge in [-0.2, -0.15) is 0 Å². The Balaban J connectivity index is 2.18. The molecule has 0 bridgehead atoms. The Morgan fingerprint density at radius 3 is 2.48 bits per heavy atom. The van der Waals surface area contributed by atoms with Gasteiger partial charge in [0.2, 0.25) is 0 Å². The minimum Gasteiger partial charge on any atom is -0.345 e. The number of aryl methyl sites for hydroxylation is 1. The summed E-state index contributed by atoms with van der Waals surface area (Å²) in [5, 5.41) is 3.67. The molecule has 110 valence electrons. The third-order valence-electron chi connectivity index (χ3n) is 3.37. The lowest BCUT2D eigenvalue weighted by Crippen LogP contribution is -2.28. The van der Waals surface area contributed by atoms with E-state index in [4.69, 9.17) is 11.6 Å². The van der Waals surface area contributed by atoms with Gasteiger partial charge < -0.3 is 5.32 Å². The van der Waals surface area contributed by atoms with Gasteiger partial charge in [-0.15, -0.1) is 0 Å². The minimum absolute atomic E-state index is 0.000628. The van der Waals surface area contributed by atoms with Gasteiger partial charge in [-0.3, -0.25) is 4.79 Å². The molecule has 0 aliphatic rings. The maximum Gasteiger partial charge on any atom is 0.252 e. The fourth-order valence-electron chi connectivity index (χ4n) is 2.13. The first kappa shape index (κ1) is 16.1.